The fourth-order valence-electron chi connectivity index (χ4n) is 2.62. The standard InChI is InChI=1S/C21H24N4O4S/c1-14-7-5-9-16(11-14)25-30(27,28)17-10-6-8-15(12-17)19(26)22-13-18-23-20(29-24-18)21(2,3)4/h5-12,25H,13H2,1-4H3,(H,22,26). The van der Waals surface area contributed by atoms with Crippen LogP contribution in [0.5, 0.6) is 0 Å². The predicted octanol–water partition coefficient (Wildman–Crippen LogP) is 3.41. The van der Waals surface area contributed by atoms with Gasteiger partial charge in [0.2, 0.25) is 5.89 Å². The number of sulfonamides is 1. The molecular weight excluding hydrogens is 404 g/mol. The van der Waals surface area contributed by atoms with E-state index in [0.29, 0.717) is 17.4 Å². The topological polar surface area (TPSA) is 114 Å². The number of nitrogens with one attached hydrogen (secondary N) is 2. The van der Waals surface area contributed by atoms with E-state index in [-0.39, 0.29) is 22.4 Å². The highest BCUT2D eigenvalue weighted by molar-refractivity contribution is 7.92. The minimum absolute atomic E-state index is 0.00811. The van der Waals surface area contributed by atoms with Crippen LogP contribution in [0.15, 0.2) is 57.9 Å². The van der Waals surface area contributed by atoms with Crippen LogP contribution >= 0.6 is 0 Å². The quantitative estimate of drug-likeness (QED) is 0.622. The Morgan fingerprint density at radius 1 is 1.10 bits per heavy atom. The van der Waals surface area contributed by atoms with Crippen molar-refractivity contribution >= 4 is 21.6 Å². The Hall–Kier alpha value is -3.20. The van der Waals surface area contributed by atoms with Crippen molar-refractivity contribution in [3.05, 3.63) is 71.4 Å². The zero-order valence-corrected chi connectivity index (χ0v) is 18.1. The van der Waals surface area contributed by atoms with Crippen molar-refractivity contribution in [3.8, 4) is 0 Å². The molecule has 0 unspecified atom stereocenters. The summed E-state index contributed by atoms with van der Waals surface area (Å²) in [7, 11) is -3.84. The number of carbonyl (C=O) groups excluding carboxylic acids is 1. The van der Waals surface area contributed by atoms with Gasteiger partial charge in [0, 0.05) is 16.7 Å². The molecule has 0 aliphatic carbocycles. The van der Waals surface area contributed by atoms with Gasteiger partial charge in [-0.05, 0) is 42.8 Å². The fourth-order valence-corrected chi connectivity index (χ4v) is 3.71. The maximum Gasteiger partial charge on any atom is 0.261 e. The van der Waals surface area contributed by atoms with Crippen LogP contribution < -0.4 is 10.0 Å². The van der Waals surface area contributed by atoms with Crippen LogP contribution in [0, 0.1) is 6.92 Å². The highest BCUT2D eigenvalue weighted by atomic mass is 32.2. The molecule has 3 aromatic rings. The molecular formula is C21H24N4O4S. The molecule has 0 saturated heterocycles. The van der Waals surface area contributed by atoms with Gasteiger partial charge in [0.15, 0.2) is 5.82 Å². The second kappa shape index (κ2) is 8.27. The highest BCUT2D eigenvalue weighted by Gasteiger charge is 2.22. The summed E-state index contributed by atoms with van der Waals surface area (Å²) in [6.07, 6.45) is 0. The lowest BCUT2D eigenvalue weighted by atomic mass is 9.97. The van der Waals surface area contributed by atoms with Crippen LogP contribution in [0.3, 0.4) is 0 Å². The zero-order valence-electron chi connectivity index (χ0n) is 17.3. The molecule has 30 heavy (non-hydrogen) atoms. The van der Waals surface area contributed by atoms with Gasteiger partial charge in [-0.25, -0.2) is 8.42 Å². The van der Waals surface area contributed by atoms with Gasteiger partial charge < -0.3 is 9.84 Å². The van der Waals surface area contributed by atoms with Crippen molar-refractivity contribution in [2.75, 3.05) is 4.72 Å². The number of amides is 1. The summed E-state index contributed by atoms with van der Waals surface area (Å²) in [4.78, 5) is 16.7. The second-order valence-electron chi connectivity index (χ2n) is 7.95. The number of nitrogens with zero attached hydrogens (tertiary/aromatic N) is 2. The predicted molar refractivity (Wildman–Crippen MR) is 113 cm³/mol. The fraction of sp³-hybridized carbons (Fsp3) is 0.286. The van der Waals surface area contributed by atoms with E-state index < -0.39 is 15.9 Å². The third-order valence-corrected chi connectivity index (χ3v) is 5.57. The molecule has 0 atom stereocenters. The van der Waals surface area contributed by atoms with Crippen molar-refractivity contribution in [1.29, 1.82) is 0 Å². The average Bonchev–Trinajstić information content (AvgIpc) is 3.15. The van der Waals surface area contributed by atoms with Gasteiger partial charge in [-0.15, -0.1) is 0 Å². The van der Waals surface area contributed by atoms with Crippen LogP contribution in [0.25, 0.3) is 0 Å². The zero-order chi connectivity index (χ0) is 21.9. The van der Waals surface area contributed by atoms with Gasteiger partial charge in [0.05, 0.1) is 11.4 Å². The Morgan fingerprint density at radius 2 is 1.83 bits per heavy atom. The number of carbonyl (C=O) groups is 1. The monoisotopic (exact) mass is 428 g/mol. The molecule has 158 valence electrons. The van der Waals surface area contributed by atoms with E-state index in [1.54, 1.807) is 18.2 Å². The molecule has 0 saturated carbocycles. The number of hydrogen-bond acceptors (Lipinski definition) is 6. The second-order valence-corrected chi connectivity index (χ2v) is 9.63. The molecule has 0 aliphatic heterocycles. The number of rotatable bonds is 6. The van der Waals surface area contributed by atoms with Gasteiger partial charge in [0.25, 0.3) is 15.9 Å². The molecule has 9 heteroatoms. The lowest BCUT2D eigenvalue weighted by Gasteiger charge is -2.10. The van der Waals surface area contributed by atoms with Crippen molar-refractivity contribution in [2.45, 2.75) is 44.6 Å². The maximum atomic E-state index is 12.7. The number of aromatic nitrogens is 2. The van der Waals surface area contributed by atoms with E-state index in [4.69, 9.17) is 4.52 Å². The van der Waals surface area contributed by atoms with Crippen LogP contribution in [-0.4, -0.2) is 24.5 Å². The summed E-state index contributed by atoms with van der Waals surface area (Å²) < 4.78 is 33.1. The minimum Gasteiger partial charge on any atom is -0.345 e. The van der Waals surface area contributed by atoms with Crippen LogP contribution in [-0.2, 0) is 22.0 Å². The molecule has 1 aromatic heterocycles. The molecule has 0 fully saturated rings. The minimum atomic E-state index is -3.84. The SMILES string of the molecule is Cc1cccc(NS(=O)(=O)c2cccc(C(=O)NCc3noc(C(C)(C)C)n3)c2)c1. The van der Waals surface area contributed by atoms with E-state index in [2.05, 4.69) is 20.2 Å². The van der Waals surface area contributed by atoms with Gasteiger partial charge in [-0.3, -0.25) is 9.52 Å². The Balaban J connectivity index is 1.71. The van der Waals surface area contributed by atoms with E-state index in [9.17, 15) is 13.2 Å². The van der Waals surface area contributed by atoms with Gasteiger partial charge in [0.1, 0.15) is 0 Å². The Labute approximate surface area is 175 Å². The van der Waals surface area contributed by atoms with Crippen molar-refractivity contribution in [1.82, 2.24) is 15.5 Å². The smallest absolute Gasteiger partial charge is 0.261 e. The third kappa shape index (κ3) is 5.24. The third-order valence-electron chi connectivity index (χ3n) is 4.19. The molecule has 3 rings (SSSR count). The first-order valence-electron chi connectivity index (χ1n) is 9.35. The van der Waals surface area contributed by atoms with Gasteiger partial charge in [-0.1, -0.05) is 44.1 Å². The molecule has 2 N–H and O–H groups in total. The van der Waals surface area contributed by atoms with E-state index in [1.165, 1.54) is 24.3 Å². The summed E-state index contributed by atoms with van der Waals surface area (Å²) in [6.45, 7) is 7.77. The number of benzene rings is 2. The number of aryl methyl sites for hydroxylation is 1. The maximum absolute atomic E-state index is 12.7. The first kappa shape index (κ1) is 21.5. The van der Waals surface area contributed by atoms with Gasteiger partial charge >= 0.3 is 0 Å². The highest BCUT2D eigenvalue weighted by Crippen LogP contribution is 2.20. The average molecular weight is 429 g/mol. The van der Waals surface area contributed by atoms with Gasteiger partial charge in [-0.2, -0.15) is 4.98 Å². The van der Waals surface area contributed by atoms with Crippen molar-refractivity contribution in [3.63, 3.8) is 0 Å². The van der Waals surface area contributed by atoms with E-state index in [1.807, 2.05) is 33.8 Å². The molecule has 8 nitrogen and oxygen atoms in total. The first-order chi connectivity index (χ1) is 14.0. The first-order valence-corrected chi connectivity index (χ1v) is 10.8. The lowest BCUT2D eigenvalue weighted by Crippen LogP contribution is -2.24. The van der Waals surface area contributed by atoms with E-state index >= 15 is 0 Å². The summed E-state index contributed by atoms with van der Waals surface area (Å²) in [5, 5.41) is 6.53. The Kier molecular flexibility index (Phi) is 5.93. The normalized spacial score (nSPS) is 11.9. The summed E-state index contributed by atoms with van der Waals surface area (Å²) >= 11 is 0. The largest absolute Gasteiger partial charge is 0.345 e. The summed E-state index contributed by atoms with van der Waals surface area (Å²) in [6, 6.07) is 12.8. The van der Waals surface area contributed by atoms with Crippen molar-refractivity contribution in [2.24, 2.45) is 0 Å². The van der Waals surface area contributed by atoms with Crippen LogP contribution in [0.2, 0.25) is 0 Å². The number of hydrogen-bond donors (Lipinski definition) is 2. The molecule has 0 aliphatic rings. The van der Waals surface area contributed by atoms with Crippen LogP contribution in [0.1, 0.15) is 48.4 Å². The molecule has 1 amide bonds. The Bertz CT molecular complexity index is 1160. The van der Waals surface area contributed by atoms with Crippen LogP contribution in [0.4, 0.5) is 5.69 Å². The molecule has 0 bridgehead atoms. The van der Waals surface area contributed by atoms with E-state index in [0.717, 1.165) is 5.56 Å². The molecule has 1 heterocycles. The lowest BCUT2D eigenvalue weighted by molar-refractivity contribution is 0.0949. The molecule has 2 aromatic carbocycles. The Morgan fingerprint density at radius 3 is 2.50 bits per heavy atom. The molecule has 0 radical (unpaired) electrons. The summed E-state index contributed by atoms with van der Waals surface area (Å²) in [5.74, 6) is 0.380. The summed E-state index contributed by atoms with van der Waals surface area (Å²) in [5.41, 5.74) is 1.31. The molecule has 0 spiro atoms. The van der Waals surface area contributed by atoms with Crippen molar-refractivity contribution < 1.29 is 17.7 Å². The number of anilines is 1.